The highest BCUT2D eigenvalue weighted by molar-refractivity contribution is 7.89. The molecule has 2 aromatic heterocycles. The topological polar surface area (TPSA) is 86.0 Å². The van der Waals surface area contributed by atoms with Gasteiger partial charge in [-0.25, -0.2) is 12.7 Å². The number of pyridine rings is 1. The summed E-state index contributed by atoms with van der Waals surface area (Å²) in [5.74, 6) is 0. The predicted molar refractivity (Wildman–Crippen MR) is 77.3 cm³/mol. The van der Waals surface area contributed by atoms with Gasteiger partial charge in [-0.15, -0.1) is 0 Å². The highest BCUT2D eigenvalue weighted by Crippen LogP contribution is 2.24. The normalized spacial score (nSPS) is 12.6. The summed E-state index contributed by atoms with van der Waals surface area (Å²) in [5, 5.41) is 1.41. The summed E-state index contributed by atoms with van der Waals surface area (Å²) in [4.78, 5) is 17.6. The zero-order chi connectivity index (χ0) is 14.5. The lowest BCUT2D eigenvalue weighted by molar-refractivity contribution is 0.521. The Morgan fingerprint density at radius 1 is 1.10 bits per heavy atom. The number of hydrogen-bond donors (Lipinski definition) is 2. The van der Waals surface area contributed by atoms with E-state index in [1.165, 1.54) is 20.2 Å². The lowest BCUT2D eigenvalue weighted by Gasteiger charge is -2.12. The summed E-state index contributed by atoms with van der Waals surface area (Å²) in [6.07, 6.45) is 1.66. The van der Waals surface area contributed by atoms with Crippen molar-refractivity contribution in [3.8, 4) is 0 Å². The molecule has 104 valence electrons. The molecule has 0 radical (unpaired) electrons. The number of aromatic nitrogens is 2. The predicted octanol–water partition coefficient (Wildman–Crippen LogP) is 1.26. The van der Waals surface area contributed by atoms with E-state index in [-0.39, 0.29) is 10.5 Å². The van der Waals surface area contributed by atoms with E-state index >= 15 is 0 Å². The van der Waals surface area contributed by atoms with E-state index in [9.17, 15) is 13.2 Å². The Kier molecular flexibility index (Phi) is 2.70. The van der Waals surface area contributed by atoms with Gasteiger partial charge in [0.2, 0.25) is 10.0 Å². The van der Waals surface area contributed by atoms with E-state index in [2.05, 4.69) is 9.97 Å². The van der Waals surface area contributed by atoms with Gasteiger partial charge in [-0.1, -0.05) is 0 Å². The van der Waals surface area contributed by atoms with Gasteiger partial charge in [0, 0.05) is 36.6 Å². The van der Waals surface area contributed by atoms with Crippen molar-refractivity contribution in [3.63, 3.8) is 0 Å². The molecule has 0 saturated heterocycles. The van der Waals surface area contributed by atoms with E-state index in [4.69, 9.17) is 0 Å². The van der Waals surface area contributed by atoms with Gasteiger partial charge in [-0.3, -0.25) is 4.79 Å². The van der Waals surface area contributed by atoms with Crippen molar-refractivity contribution in [2.75, 3.05) is 14.1 Å². The van der Waals surface area contributed by atoms with Gasteiger partial charge in [0.15, 0.2) is 0 Å². The van der Waals surface area contributed by atoms with Crippen molar-refractivity contribution in [2.45, 2.75) is 4.90 Å². The lowest BCUT2D eigenvalue weighted by Crippen LogP contribution is -2.22. The van der Waals surface area contributed by atoms with Crippen molar-refractivity contribution in [2.24, 2.45) is 0 Å². The molecule has 0 fully saturated rings. The number of hydrogen-bond acceptors (Lipinski definition) is 3. The van der Waals surface area contributed by atoms with Crippen LogP contribution in [-0.4, -0.2) is 36.8 Å². The molecule has 0 unspecified atom stereocenters. The summed E-state index contributed by atoms with van der Waals surface area (Å²) < 4.78 is 25.5. The second kappa shape index (κ2) is 4.19. The van der Waals surface area contributed by atoms with Crippen LogP contribution in [0.2, 0.25) is 0 Å². The Hall–Kier alpha value is -2.12. The number of sulfonamides is 1. The van der Waals surface area contributed by atoms with Crippen molar-refractivity contribution in [1.82, 2.24) is 14.3 Å². The molecule has 1 aromatic carbocycles. The molecule has 3 rings (SSSR count). The monoisotopic (exact) mass is 291 g/mol. The molecule has 0 aliphatic carbocycles. The van der Waals surface area contributed by atoms with Gasteiger partial charge in [0.1, 0.15) is 5.52 Å². The van der Waals surface area contributed by atoms with Gasteiger partial charge < -0.3 is 9.97 Å². The fraction of sp³-hybridized carbons (Fsp3) is 0.154. The molecule has 2 N–H and O–H groups in total. The molecule has 0 aliphatic heterocycles. The van der Waals surface area contributed by atoms with Gasteiger partial charge in [-0.2, -0.15) is 0 Å². The smallest absolute Gasteiger partial charge is 0.272 e. The van der Waals surface area contributed by atoms with Crippen molar-refractivity contribution < 1.29 is 8.42 Å². The van der Waals surface area contributed by atoms with Gasteiger partial charge in [-0.05, 0) is 24.3 Å². The molecular formula is C13H13N3O3S. The summed E-state index contributed by atoms with van der Waals surface area (Å²) in [6, 6.07) is 6.45. The van der Waals surface area contributed by atoms with Crippen LogP contribution in [0.25, 0.3) is 21.8 Å². The first-order chi connectivity index (χ1) is 9.41. The summed E-state index contributed by atoms with van der Waals surface area (Å²) >= 11 is 0. The first kappa shape index (κ1) is 12.9. The minimum atomic E-state index is -3.50. The van der Waals surface area contributed by atoms with Crippen LogP contribution in [0.4, 0.5) is 0 Å². The molecule has 20 heavy (non-hydrogen) atoms. The number of nitrogens with zero attached hydrogens (tertiary/aromatic N) is 1. The Bertz CT molecular complexity index is 967. The van der Waals surface area contributed by atoms with Crippen molar-refractivity contribution in [1.29, 1.82) is 0 Å². The van der Waals surface area contributed by atoms with E-state index < -0.39 is 10.0 Å². The third-order valence-corrected chi connectivity index (χ3v) is 5.09. The number of fused-ring (bicyclic) bond motifs is 3. The number of benzene rings is 1. The number of aromatic amines is 2. The fourth-order valence-corrected chi connectivity index (χ4v) is 3.12. The van der Waals surface area contributed by atoms with Crippen LogP contribution >= 0.6 is 0 Å². The fourth-order valence-electron chi connectivity index (χ4n) is 2.19. The largest absolute Gasteiger partial charge is 0.357 e. The second-order valence-corrected chi connectivity index (χ2v) is 6.87. The first-order valence-electron chi connectivity index (χ1n) is 5.97. The van der Waals surface area contributed by atoms with Gasteiger partial charge in [0.05, 0.1) is 4.90 Å². The van der Waals surface area contributed by atoms with E-state index in [1.807, 2.05) is 0 Å². The minimum Gasteiger partial charge on any atom is -0.357 e. The van der Waals surface area contributed by atoms with Crippen LogP contribution in [0.15, 0.2) is 40.2 Å². The highest BCUT2D eigenvalue weighted by Gasteiger charge is 2.18. The molecule has 3 aromatic rings. The highest BCUT2D eigenvalue weighted by atomic mass is 32.2. The lowest BCUT2D eigenvalue weighted by atomic mass is 10.1. The second-order valence-electron chi connectivity index (χ2n) is 4.72. The first-order valence-corrected chi connectivity index (χ1v) is 7.41. The third-order valence-electron chi connectivity index (χ3n) is 3.28. The number of rotatable bonds is 2. The maximum atomic E-state index is 12.2. The van der Waals surface area contributed by atoms with E-state index in [0.29, 0.717) is 21.8 Å². The average Bonchev–Trinajstić information content (AvgIpc) is 2.88. The van der Waals surface area contributed by atoms with Crippen LogP contribution in [0.5, 0.6) is 0 Å². The van der Waals surface area contributed by atoms with E-state index in [0.717, 1.165) is 4.31 Å². The van der Waals surface area contributed by atoms with Gasteiger partial charge in [0.25, 0.3) is 5.56 Å². The summed E-state index contributed by atoms with van der Waals surface area (Å²) in [7, 11) is -0.530. The number of H-pyrrole nitrogens is 2. The molecular weight excluding hydrogens is 278 g/mol. The summed E-state index contributed by atoms with van der Waals surface area (Å²) in [6.45, 7) is 0. The van der Waals surface area contributed by atoms with Gasteiger partial charge >= 0.3 is 0 Å². The maximum Gasteiger partial charge on any atom is 0.272 e. The van der Waals surface area contributed by atoms with Crippen LogP contribution < -0.4 is 5.56 Å². The zero-order valence-electron chi connectivity index (χ0n) is 11.0. The Morgan fingerprint density at radius 3 is 2.55 bits per heavy atom. The molecule has 0 aliphatic rings. The zero-order valence-corrected chi connectivity index (χ0v) is 11.8. The quantitative estimate of drug-likeness (QED) is 0.745. The Morgan fingerprint density at radius 2 is 1.85 bits per heavy atom. The molecule has 0 amide bonds. The molecule has 6 nitrogen and oxygen atoms in total. The van der Waals surface area contributed by atoms with Crippen molar-refractivity contribution in [3.05, 3.63) is 40.8 Å². The summed E-state index contributed by atoms with van der Waals surface area (Å²) in [5.41, 5.74) is 0.831. The number of nitrogens with one attached hydrogen (secondary N) is 2. The molecule has 0 atom stereocenters. The van der Waals surface area contributed by atoms with Crippen LogP contribution in [0.3, 0.4) is 0 Å². The van der Waals surface area contributed by atoms with Crippen LogP contribution in [0, 0.1) is 0 Å². The third kappa shape index (κ3) is 1.75. The van der Waals surface area contributed by atoms with Crippen LogP contribution in [0.1, 0.15) is 0 Å². The average molecular weight is 291 g/mol. The van der Waals surface area contributed by atoms with E-state index in [1.54, 1.807) is 24.4 Å². The van der Waals surface area contributed by atoms with Crippen molar-refractivity contribution >= 4 is 31.8 Å². The molecule has 0 spiro atoms. The SMILES string of the molecule is CN(C)S(=O)(=O)c1ccc2[nH]c(=O)c3[nH]ccc3c2c1. The molecule has 7 heteroatoms. The Balaban J connectivity index is 2.42. The van der Waals surface area contributed by atoms with Crippen LogP contribution in [-0.2, 0) is 10.0 Å². The maximum absolute atomic E-state index is 12.2. The Labute approximate surface area is 115 Å². The minimum absolute atomic E-state index is 0.199. The molecule has 0 saturated carbocycles. The molecule has 2 heterocycles. The standard InChI is InChI=1S/C13H13N3O3S/c1-16(2)20(18,19)8-3-4-11-10(7-8)9-5-6-14-12(9)13(17)15-11/h3-7,14H,1-2H3,(H,15,17). The molecule has 0 bridgehead atoms.